The Morgan fingerprint density at radius 1 is 1.46 bits per heavy atom. The summed E-state index contributed by atoms with van der Waals surface area (Å²) in [6.45, 7) is 2.31. The van der Waals surface area contributed by atoms with Crippen LogP contribution in [0.2, 0.25) is 0 Å². The minimum atomic E-state index is 0.0877. The molecule has 1 aliphatic heterocycles. The molecule has 1 atom stereocenters. The highest BCUT2D eigenvalue weighted by molar-refractivity contribution is 7.13. The van der Waals surface area contributed by atoms with Gasteiger partial charge in [-0.15, -0.1) is 11.3 Å². The van der Waals surface area contributed by atoms with Crippen LogP contribution in [0.1, 0.15) is 24.5 Å². The van der Waals surface area contributed by atoms with Gasteiger partial charge in [-0.2, -0.15) is 0 Å². The van der Waals surface area contributed by atoms with Crippen molar-refractivity contribution in [2.45, 2.75) is 18.8 Å². The number of anilines is 2. The minimum Gasteiger partial charge on any atom is -0.339 e. The van der Waals surface area contributed by atoms with E-state index in [1.54, 1.807) is 36.0 Å². The Balaban J connectivity index is 1.59. The molecule has 3 rings (SSSR count). The Hall–Kier alpha value is -2.32. The van der Waals surface area contributed by atoms with Crippen molar-refractivity contribution in [3.63, 3.8) is 0 Å². The third kappa shape index (κ3) is 5.09. The molecule has 8 heteroatoms. The number of carbonyl (C=O) groups excluding carboxylic acids is 1. The molecule has 0 saturated carbocycles. The topological polar surface area (TPSA) is 74.2 Å². The van der Waals surface area contributed by atoms with E-state index < -0.39 is 0 Å². The zero-order valence-electron chi connectivity index (χ0n) is 15.1. The Morgan fingerprint density at radius 2 is 2.35 bits per heavy atom. The van der Waals surface area contributed by atoms with Crippen molar-refractivity contribution in [3.05, 3.63) is 41.8 Å². The van der Waals surface area contributed by atoms with Gasteiger partial charge in [-0.3, -0.25) is 9.78 Å². The first-order valence-corrected chi connectivity index (χ1v) is 9.58. The summed E-state index contributed by atoms with van der Waals surface area (Å²) in [6, 6.07) is 0. The Bertz CT molecular complexity index is 745. The van der Waals surface area contributed by atoms with Crippen molar-refractivity contribution >= 4 is 28.2 Å². The summed E-state index contributed by atoms with van der Waals surface area (Å²) < 4.78 is 0. The van der Waals surface area contributed by atoms with Gasteiger partial charge in [0.2, 0.25) is 5.91 Å². The first-order valence-electron chi connectivity index (χ1n) is 8.70. The normalized spacial score (nSPS) is 17.8. The van der Waals surface area contributed by atoms with E-state index >= 15 is 0 Å². The highest BCUT2D eigenvalue weighted by atomic mass is 32.1. The van der Waals surface area contributed by atoms with Crippen molar-refractivity contribution in [1.82, 2.24) is 24.8 Å². The summed E-state index contributed by atoms with van der Waals surface area (Å²) in [5, 5.41) is 6.04. The molecule has 0 radical (unpaired) electrons. The smallest absolute Gasteiger partial charge is 0.246 e. The van der Waals surface area contributed by atoms with Crippen LogP contribution >= 0.6 is 11.3 Å². The summed E-state index contributed by atoms with van der Waals surface area (Å²) in [5.41, 5.74) is 1.04. The molecule has 1 amide bonds. The molecular weight excluding hydrogens is 348 g/mol. The van der Waals surface area contributed by atoms with Crippen LogP contribution in [-0.2, 0) is 4.79 Å². The fraction of sp³-hybridized carbons (Fsp3) is 0.444. The first kappa shape index (κ1) is 18.5. The SMILES string of the molecule is CN(C)C/C=C/C(=O)N1CCC[C@@H](c2csc(Nc3cnccn3)n2)C1. The van der Waals surface area contributed by atoms with E-state index in [4.69, 9.17) is 0 Å². The summed E-state index contributed by atoms with van der Waals surface area (Å²) in [5.74, 6) is 1.05. The van der Waals surface area contributed by atoms with E-state index in [0.717, 1.165) is 43.3 Å². The number of likely N-dealkylation sites (tertiary alicyclic amines) is 1. The van der Waals surface area contributed by atoms with Gasteiger partial charge in [-0.25, -0.2) is 9.97 Å². The summed E-state index contributed by atoms with van der Waals surface area (Å²) in [4.78, 5) is 29.3. The predicted molar refractivity (Wildman–Crippen MR) is 104 cm³/mol. The van der Waals surface area contributed by atoms with Crippen molar-refractivity contribution in [3.8, 4) is 0 Å². The second-order valence-corrected chi connectivity index (χ2v) is 7.44. The molecule has 138 valence electrons. The lowest BCUT2D eigenvalue weighted by Crippen LogP contribution is -2.38. The predicted octanol–water partition coefficient (Wildman–Crippen LogP) is 2.50. The molecule has 1 fully saturated rings. The number of rotatable bonds is 6. The van der Waals surface area contributed by atoms with E-state index in [0.29, 0.717) is 5.82 Å². The van der Waals surface area contributed by atoms with Crippen LogP contribution in [0, 0.1) is 0 Å². The van der Waals surface area contributed by atoms with E-state index in [2.05, 4.69) is 25.6 Å². The molecule has 1 N–H and O–H groups in total. The van der Waals surface area contributed by atoms with Crippen LogP contribution in [0.25, 0.3) is 0 Å². The fourth-order valence-corrected chi connectivity index (χ4v) is 3.69. The average Bonchev–Trinajstić information content (AvgIpc) is 3.11. The molecule has 26 heavy (non-hydrogen) atoms. The zero-order chi connectivity index (χ0) is 18.4. The summed E-state index contributed by atoms with van der Waals surface area (Å²) >= 11 is 1.55. The third-order valence-electron chi connectivity index (χ3n) is 4.20. The molecule has 2 aromatic rings. The van der Waals surface area contributed by atoms with Gasteiger partial charge in [0, 0.05) is 49.4 Å². The fourth-order valence-electron chi connectivity index (χ4n) is 2.89. The average molecular weight is 372 g/mol. The number of hydrogen-bond acceptors (Lipinski definition) is 7. The number of carbonyl (C=O) groups is 1. The van der Waals surface area contributed by atoms with E-state index in [1.165, 1.54) is 0 Å². The largest absolute Gasteiger partial charge is 0.339 e. The number of likely N-dealkylation sites (N-methyl/N-ethyl adjacent to an activating group) is 1. The second kappa shape index (κ2) is 8.86. The van der Waals surface area contributed by atoms with E-state index in [-0.39, 0.29) is 11.8 Å². The lowest BCUT2D eigenvalue weighted by molar-refractivity contribution is -0.127. The maximum absolute atomic E-state index is 12.4. The molecule has 0 spiro atoms. The quantitative estimate of drug-likeness (QED) is 0.786. The Kier molecular flexibility index (Phi) is 6.30. The maximum Gasteiger partial charge on any atom is 0.246 e. The van der Waals surface area contributed by atoms with Gasteiger partial charge in [0.15, 0.2) is 10.9 Å². The van der Waals surface area contributed by atoms with Crippen LogP contribution < -0.4 is 5.32 Å². The number of piperidine rings is 1. The third-order valence-corrected chi connectivity index (χ3v) is 4.98. The standard InChI is InChI=1S/C18H24N6OS/c1-23(2)9-4-6-17(25)24-10-3-5-14(12-24)15-13-26-18(21-15)22-16-11-19-7-8-20-16/h4,6-8,11,13-14H,3,5,9-10,12H2,1-2H3,(H,20,21,22)/b6-4+/t14-/m1/s1. The van der Waals surface area contributed by atoms with Crippen LogP contribution in [-0.4, -0.2) is 64.4 Å². The molecular formula is C18H24N6OS. The molecule has 0 unspecified atom stereocenters. The molecule has 1 aliphatic rings. The number of nitrogens with one attached hydrogen (secondary N) is 1. The van der Waals surface area contributed by atoms with Crippen molar-refractivity contribution in [2.24, 2.45) is 0 Å². The molecule has 7 nitrogen and oxygen atoms in total. The number of amides is 1. The van der Waals surface area contributed by atoms with Crippen molar-refractivity contribution < 1.29 is 4.79 Å². The van der Waals surface area contributed by atoms with E-state index in [1.807, 2.05) is 30.0 Å². The van der Waals surface area contributed by atoms with Crippen LogP contribution in [0.3, 0.4) is 0 Å². The highest BCUT2D eigenvalue weighted by Gasteiger charge is 2.25. The summed E-state index contributed by atoms with van der Waals surface area (Å²) in [6.07, 6.45) is 10.6. The molecule has 2 aromatic heterocycles. The number of hydrogen-bond donors (Lipinski definition) is 1. The Morgan fingerprint density at radius 3 is 3.12 bits per heavy atom. The van der Waals surface area contributed by atoms with Gasteiger partial charge in [0.25, 0.3) is 0 Å². The summed E-state index contributed by atoms with van der Waals surface area (Å²) in [7, 11) is 3.97. The first-order chi connectivity index (χ1) is 12.6. The number of nitrogens with zero attached hydrogens (tertiary/aromatic N) is 5. The van der Waals surface area contributed by atoms with Crippen molar-refractivity contribution in [2.75, 3.05) is 39.0 Å². The lowest BCUT2D eigenvalue weighted by atomic mass is 9.95. The van der Waals surface area contributed by atoms with Gasteiger partial charge < -0.3 is 15.1 Å². The van der Waals surface area contributed by atoms with Gasteiger partial charge in [-0.05, 0) is 26.9 Å². The van der Waals surface area contributed by atoms with Crippen LogP contribution in [0.15, 0.2) is 36.1 Å². The van der Waals surface area contributed by atoms with Gasteiger partial charge in [0.05, 0.1) is 11.9 Å². The molecule has 0 aliphatic carbocycles. The van der Waals surface area contributed by atoms with Crippen molar-refractivity contribution in [1.29, 1.82) is 0 Å². The maximum atomic E-state index is 12.4. The van der Waals surface area contributed by atoms with Gasteiger partial charge in [-0.1, -0.05) is 6.08 Å². The lowest BCUT2D eigenvalue weighted by Gasteiger charge is -2.31. The monoisotopic (exact) mass is 372 g/mol. The molecule has 0 aromatic carbocycles. The molecule has 3 heterocycles. The van der Waals surface area contributed by atoms with Gasteiger partial charge >= 0.3 is 0 Å². The molecule has 1 saturated heterocycles. The van der Waals surface area contributed by atoms with Gasteiger partial charge in [0.1, 0.15) is 0 Å². The molecule has 0 bridgehead atoms. The number of thiazole rings is 1. The Labute approximate surface area is 157 Å². The zero-order valence-corrected chi connectivity index (χ0v) is 15.9. The second-order valence-electron chi connectivity index (χ2n) is 6.58. The van der Waals surface area contributed by atoms with E-state index in [9.17, 15) is 4.79 Å². The highest BCUT2D eigenvalue weighted by Crippen LogP contribution is 2.30. The number of aromatic nitrogens is 3. The van der Waals surface area contributed by atoms with Crippen LogP contribution in [0.5, 0.6) is 0 Å². The van der Waals surface area contributed by atoms with Crippen LogP contribution in [0.4, 0.5) is 10.9 Å². The minimum absolute atomic E-state index is 0.0877.